The molecule has 16 heavy (non-hydrogen) atoms. The van der Waals surface area contributed by atoms with E-state index < -0.39 is 44.1 Å². The molecule has 2 N–H and O–H groups in total. The van der Waals surface area contributed by atoms with Crippen LogP contribution in [-0.4, -0.2) is 40.8 Å². The van der Waals surface area contributed by atoms with Crippen LogP contribution in [0.15, 0.2) is 0 Å². The van der Waals surface area contributed by atoms with E-state index in [1.807, 2.05) is 0 Å². The molecule has 0 radical (unpaired) electrons. The van der Waals surface area contributed by atoms with Gasteiger partial charge in [-0.25, -0.2) is 0 Å². The van der Waals surface area contributed by atoms with Crippen LogP contribution < -0.4 is 0 Å². The summed E-state index contributed by atoms with van der Waals surface area (Å²) in [5, 5.41) is 17.3. The molecule has 0 aliphatic heterocycles. The van der Waals surface area contributed by atoms with E-state index in [1.54, 1.807) is 6.92 Å². The molecule has 4 nitrogen and oxygen atoms in total. The van der Waals surface area contributed by atoms with E-state index in [2.05, 4.69) is 0 Å². The van der Waals surface area contributed by atoms with Crippen molar-refractivity contribution in [2.75, 3.05) is 18.9 Å². The molecule has 0 heterocycles. The van der Waals surface area contributed by atoms with Crippen LogP contribution in [0.1, 0.15) is 26.2 Å². The molecule has 0 saturated heterocycles. The third kappa shape index (κ3) is 4.68. The predicted octanol–water partition coefficient (Wildman–Crippen LogP) is 1.64. The smallest absolute Gasteiger partial charge is 0.305 e. The molecule has 7 heteroatoms. The van der Waals surface area contributed by atoms with Crippen molar-refractivity contribution in [1.29, 1.82) is 0 Å². The van der Waals surface area contributed by atoms with Gasteiger partial charge < -0.3 is 14.8 Å². The minimum absolute atomic E-state index is 0.196. The van der Waals surface area contributed by atoms with Crippen molar-refractivity contribution in [1.82, 2.24) is 0 Å². The highest BCUT2D eigenvalue weighted by atomic mass is 31.2. The Hall–Kier alpha value is -0.320. The molecule has 96 valence electrons. The first-order valence-electron chi connectivity index (χ1n) is 5.01. The topological polar surface area (TPSA) is 74.6 Å². The third-order valence-electron chi connectivity index (χ3n) is 2.20. The number of Topliss-reactive ketones (excluding diaryl/α,β-unsaturated/α-hetero) is 1. The SMILES string of the molecule is CCCCC(F)(F)C(=O)CP(=O)(CO)CO. The van der Waals surface area contributed by atoms with E-state index in [0.717, 1.165) is 0 Å². The van der Waals surface area contributed by atoms with Crippen molar-refractivity contribution in [3.63, 3.8) is 0 Å². The van der Waals surface area contributed by atoms with Gasteiger partial charge in [-0.2, -0.15) is 8.78 Å². The van der Waals surface area contributed by atoms with Gasteiger partial charge in [-0.1, -0.05) is 13.3 Å². The first kappa shape index (κ1) is 15.7. The van der Waals surface area contributed by atoms with Gasteiger partial charge >= 0.3 is 5.92 Å². The van der Waals surface area contributed by atoms with Crippen LogP contribution >= 0.6 is 7.14 Å². The molecule has 0 aromatic carbocycles. The van der Waals surface area contributed by atoms with E-state index >= 15 is 0 Å². The Kier molecular flexibility index (Phi) is 6.30. The molecule has 0 bridgehead atoms. The number of rotatable bonds is 8. The lowest BCUT2D eigenvalue weighted by Gasteiger charge is -2.17. The number of carbonyl (C=O) groups is 1. The normalized spacial score (nSPS) is 12.8. The van der Waals surface area contributed by atoms with E-state index in [1.165, 1.54) is 0 Å². The largest absolute Gasteiger partial charge is 0.389 e. The zero-order chi connectivity index (χ0) is 12.8. The molecule has 0 fully saturated rings. The minimum atomic E-state index is -3.58. The fraction of sp³-hybridized carbons (Fsp3) is 0.889. The Morgan fingerprint density at radius 2 is 1.81 bits per heavy atom. The lowest BCUT2D eigenvalue weighted by molar-refractivity contribution is -0.141. The number of halogens is 2. The van der Waals surface area contributed by atoms with Gasteiger partial charge in [-0.05, 0) is 6.42 Å². The molecule has 0 spiro atoms. The van der Waals surface area contributed by atoms with Crippen LogP contribution in [0.3, 0.4) is 0 Å². The highest BCUT2D eigenvalue weighted by molar-refractivity contribution is 7.64. The molecule has 0 rings (SSSR count). The number of ketones is 1. The fourth-order valence-electron chi connectivity index (χ4n) is 1.06. The van der Waals surface area contributed by atoms with Gasteiger partial charge in [0.25, 0.3) is 0 Å². The number of carbonyl (C=O) groups excluding carboxylic acids is 1. The fourth-order valence-corrected chi connectivity index (χ4v) is 2.10. The molecule has 0 aliphatic rings. The van der Waals surface area contributed by atoms with Crippen LogP contribution in [0.25, 0.3) is 0 Å². The third-order valence-corrected chi connectivity index (χ3v) is 4.09. The highest BCUT2D eigenvalue weighted by Crippen LogP contribution is 2.44. The van der Waals surface area contributed by atoms with Gasteiger partial charge in [0.2, 0.25) is 5.78 Å². The second-order valence-electron chi connectivity index (χ2n) is 3.73. The first-order chi connectivity index (χ1) is 7.31. The average Bonchev–Trinajstić information content (AvgIpc) is 2.26. The van der Waals surface area contributed by atoms with E-state index in [9.17, 15) is 18.1 Å². The number of aliphatic hydroxyl groups is 2. The zero-order valence-electron chi connectivity index (χ0n) is 9.16. The molecule has 0 aliphatic carbocycles. The maximum atomic E-state index is 13.2. The molecule has 0 aromatic rings. The van der Waals surface area contributed by atoms with Crippen molar-refractivity contribution in [2.45, 2.75) is 32.1 Å². The Morgan fingerprint density at radius 3 is 2.19 bits per heavy atom. The molecule has 0 aromatic heterocycles. The summed E-state index contributed by atoms with van der Waals surface area (Å²) >= 11 is 0. The van der Waals surface area contributed by atoms with Crippen molar-refractivity contribution in [3.8, 4) is 0 Å². The maximum Gasteiger partial charge on any atom is 0.305 e. The van der Waals surface area contributed by atoms with E-state index in [4.69, 9.17) is 10.2 Å². The molecular formula is C9H17F2O4P. The number of hydrogen-bond donors (Lipinski definition) is 2. The van der Waals surface area contributed by atoms with Crippen LogP contribution in [0.2, 0.25) is 0 Å². The zero-order valence-corrected chi connectivity index (χ0v) is 10.1. The molecule has 0 saturated carbocycles. The predicted molar refractivity (Wildman–Crippen MR) is 56.1 cm³/mol. The Morgan fingerprint density at radius 1 is 1.31 bits per heavy atom. The maximum absolute atomic E-state index is 13.2. The molecule has 0 atom stereocenters. The van der Waals surface area contributed by atoms with Gasteiger partial charge in [0.1, 0.15) is 7.14 Å². The van der Waals surface area contributed by atoms with E-state index in [0.29, 0.717) is 6.42 Å². The van der Waals surface area contributed by atoms with E-state index in [-0.39, 0.29) is 6.42 Å². The lowest BCUT2D eigenvalue weighted by atomic mass is 10.1. The Balaban J connectivity index is 4.50. The van der Waals surface area contributed by atoms with Crippen LogP contribution in [0, 0.1) is 0 Å². The monoisotopic (exact) mass is 258 g/mol. The Labute approximate surface area is 93.0 Å². The summed E-state index contributed by atoms with van der Waals surface area (Å²) < 4.78 is 37.8. The number of alkyl halides is 2. The van der Waals surface area contributed by atoms with Crippen molar-refractivity contribution in [3.05, 3.63) is 0 Å². The van der Waals surface area contributed by atoms with Crippen LogP contribution in [0.5, 0.6) is 0 Å². The summed E-state index contributed by atoms with van der Waals surface area (Å²) in [5.74, 6) is -4.98. The lowest BCUT2D eigenvalue weighted by Crippen LogP contribution is -2.31. The highest BCUT2D eigenvalue weighted by Gasteiger charge is 2.41. The average molecular weight is 258 g/mol. The Bertz CT molecular complexity index is 273. The van der Waals surface area contributed by atoms with Crippen molar-refractivity contribution >= 4 is 12.9 Å². The number of unbranched alkanes of at least 4 members (excludes halogenated alkanes) is 1. The molecular weight excluding hydrogens is 241 g/mol. The summed E-state index contributed by atoms with van der Waals surface area (Å²) in [6, 6.07) is 0. The molecule has 0 unspecified atom stereocenters. The van der Waals surface area contributed by atoms with Gasteiger partial charge in [0.15, 0.2) is 0 Å². The van der Waals surface area contributed by atoms with Gasteiger partial charge in [-0.3, -0.25) is 4.79 Å². The van der Waals surface area contributed by atoms with Crippen molar-refractivity contribution < 1.29 is 28.4 Å². The van der Waals surface area contributed by atoms with Crippen molar-refractivity contribution in [2.24, 2.45) is 0 Å². The summed E-state index contributed by atoms with van der Waals surface area (Å²) in [5.41, 5.74) is 0. The van der Waals surface area contributed by atoms with Crippen LogP contribution in [0.4, 0.5) is 8.78 Å². The van der Waals surface area contributed by atoms with Gasteiger partial charge in [-0.15, -0.1) is 0 Å². The second-order valence-corrected chi connectivity index (χ2v) is 6.73. The first-order valence-corrected chi connectivity index (χ1v) is 7.27. The van der Waals surface area contributed by atoms with Gasteiger partial charge in [0, 0.05) is 6.42 Å². The number of aliphatic hydroxyl groups excluding tert-OH is 2. The van der Waals surface area contributed by atoms with Gasteiger partial charge in [0.05, 0.1) is 18.9 Å². The van der Waals surface area contributed by atoms with Crippen LogP contribution in [-0.2, 0) is 9.36 Å². The number of hydrogen-bond acceptors (Lipinski definition) is 4. The standard InChI is InChI=1S/C9H17F2O4P/c1-2-3-4-9(10,11)8(14)5-16(15,6-12)7-13/h12-13H,2-7H2,1H3. The summed E-state index contributed by atoms with van der Waals surface area (Å²) in [6.07, 6.45) is -2.67. The quantitative estimate of drug-likeness (QED) is 0.649. The molecule has 0 amide bonds. The summed E-state index contributed by atoms with van der Waals surface area (Å²) in [4.78, 5) is 11.2. The minimum Gasteiger partial charge on any atom is -0.389 e. The second kappa shape index (κ2) is 6.42. The summed E-state index contributed by atoms with van der Waals surface area (Å²) in [7, 11) is -3.58. The summed E-state index contributed by atoms with van der Waals surface area (Å²) in [6.45, 7) is 1.72.